The van der Waals surface area contributed by atoms with Gasteiger partial charge in [-0.15, -0.1) is 0 Å². The maximum absolute atomic E-state index is 6.00. The number of benzene rings is 2. The first-order valence-corrected chi connectivity index (χ1v) is 7.63. The molecule has 0 fully saturated rings. The lowest BCUT2D eigenvalue weighted by Gasteiger charge is -2.12. The van der Waals surface area contributed by atoms with Gasteiger partial charge in [-0.3, -0.25) is 0 Å². The van der Waals surface area contributed by atoms with Crippen molar-refractivity contribution >= 4 is 27.5 Å². The van der Waals surface area contributed by atoms with E-state index in [0.717, 1.165) is 28.9 Å². The third-order valence-corrected chi connectivity index (χ3v) is 4.84. The van der Waals surface area contributed by atoms with Crippen LogP contribution < -0.4 is 5.32 Å². The second kappa shape index (κ2) is 5.66. The van der Waals surface area contributed by atoms with Crippen molar-refractivity contribution in [3.05, 3.63) is 68.7 Å². The Bertz CT molecular complexity index is 572. The van der Waals surface area contributed by atoms with E-state index < -0.39 is 0 Å². The Morgan fingerprint density at radius 3 is 2.42 bits per heavy atom. The van der Waals surface area contributed by atoms with E-state index in [0.29, 0.717) is 6.04 Å². The molecule has 0 amide bonds. The van der Waals surface area contributed by atoms with E-state index in [1.165, 1.54) is 16.7 Å². The summed E-state index contributed by atoms with van der Waals surface area (Å²) in [6.45, 7) is 0.883. The molecular formula is C16H15BrClN. The summed E-state index contributed by atoms with van der Waals surface area (Å²) in [5.41, 5.74) is 4.22. The van der Waals surface area contributed by atoms with Gasteiger partial charge in [0.25, 0.3) is 0 Å². The summed E-state index contributed by atoms with van der Waals surface area (Å²) in [6, 6.07) is 15.3. The molecule has 0 saturated carbocycles. The highest BCUT2D eigenvalue weighted by molar-refractivity contribution is 9.10. The number of rotatable bonds is 3. The van der Waals surface area contributed by atoms with Crippen LogP contribution >= 0.6 is 27.5 Å². The first-order chi connectivity index (χ1) is 9.22. The molecule has 1 N–H and O–H groups in total. The van der Waals surface area contributed by atoms with Crippen LogP contribution in [0.2, 0.25) is 5.02 Å². The Hall–Kier alpha value is -0.830. The van der Waals surface area contributed by atoms with Crippen molar-refractivity contribution in [1.29, 1.82) is 0 Å². The highest BCUT2D eigenvalue weighted by Crippen LogP contribution is 2.24. The molecule has 0 spiro atoms. The van der Waals surface area contributed by atoms with E-state index in [-0.39, 0.29) is 0 Å². The van der Waals surface area contributed by atoms with Crippen LogP contribution in [0.5, 0.6) is 0 Å². The highest BCUT2D eigenvalue weighted by Gasteiger charge is 2.19. The van der Waals surface area contributed by atoms with Gasteiger partial charge >= 0.3 is 0 Å². The summed E-state index contributed by atoms with van der Waals surface area (Å²) in [4.78, 5) is 0. The fourth-order valence-corrected chi connectivity index (χ4v) is 3.16. The molecule has 3 rings (SSSR count). The number of hydrogen-bond donors (Lipinski definition) is 1. The summed E-state index contributed by atoms with van der Waals surface area (Å²) >= 11 is 9.46. The molecule has 0 heterocycles. The highest BCUT2D eigenvalue weighted by atomic mass is 79.9. The van der Waals surface area contributed by atoms with Crippen molar-refractivity contribution in [2.75, 3.05) is 0 Å². The second-order valence-electron chi connectivity index (χ2n) is 5.00. The van der Waals surface area contributed by atoms with Gasteiger partial charge in [0.2, 0.25) is 0 Å². The molecule has 2 aromatic rings. The molecule has 1 nitrogen and oxygen atoms in total. The van der Waals surface area contributed by atoms with E-state index in [4.69, 9.17) is 11.6 Å². The van der Waals surface area contributed by atoms with Gasteiger partial charge in [-0.05, 0) is 57.6 Å². The van der Waals surface area contributed by atoms with E-state index >= 15 is 0 Å². The van der Waals surface area contributed by atoms with Crippen molar-refractivity contribution < 1.29 is 0 Å². The molecule has 98 valence electrons. The third kappa shape index (κ3) is 3.02. The Morgan fingerprint density at radius 2 is 1.79 bits per heavy atom. The third-order valence-electron chi connectivity index (χ3n) is 3.63. The Kier molecular flexibility index (Phi) is 3.92. The minimum atomic E-state index is 0.548. The van der Waals surface area contributed by atoms with Crippen LogP contribution in [0.15, 0.2) is 46.9 Å². The first-order valence-electron chi connectivity index (χ1n) is 6.46. The van der Waals surface area contributed by atoms with Crippen LogP contribution in [0.4, 0.5) is 0 Å². The van der Waals surface area contributed by atoms with E-state index in [1.54, 1.807) is 0 Å². The van der Waals surface area contributed by atoms with Crippen molar-refractivity contribution in [3.63, 3.8) is 0 Å². The number of fused-ring (bicyclic) bond motifs is 1. The molecule has 1 aliphatic carbocycles. The van der Waals surface area contributed by atoms with Gasteiger partial charge in [-0.2, -0.15) is 0 Å². The molecule has 1 aliphatic rings. The molecule has 0 aromatic heterocycles. The van der Waals surface area contributed by atoms with Gasteiger partial charge in [-0.1, -0.05) is 41.9 Å². The van der Waals surface area contributed by atoms with Gasteiger partial charge in [0, 0.05) is 17.1 Å². The summed E-state index contributed by atoms with van der Waals surface area (Å²) in [7, 11) is 0. The van der Waals surface area contributed by atoms with Gasteiger partial charge < -0.3 is 5.32 Å². The van der Waals surface area contributed by atoms with Crippen LogP contribution in [0.1, 0.15) is 16.7 Å². The standard InChI is InChI=1S/C16H15BrClN/c17-15-7-11(5-6-16(15)18)10-19-14-8-12-3-1-2-4-13(12)9-14/h1-7,14,19H,8-10H2. The predicted octanol–water partition coefficient (Wildman–Crippen LogP) is 4.36. The van der Waals surface area contributed by atoms with Gasteiger partial charge in [-0.25, -0.2) is 0 Å². The quantitative estimate of drug-likeness (QED) is 0.878. The van der Waals surface area contributed by atoms with Gasteiger partial charge in [0.05, 0.1) is 5.02 Å². The Labute approximate surface area is 127 Å². The average Bonchev–Trinajstić information content (AvgIpc) is 2.83. The summed E-state index contributed by atoms with van der Waals surface area (Å²) in [5, 5.41) is 4.39. The lowest BCUT2D eigenvalue weighted by atomic mass is 10.1. The molecular weight excluding hydrogens is 322 g/mol. The summed E-state index contributed by atoms with van der Waals surface area (Å²) in [5.74, 6) is 0. The van der Waals surface area contributed by atoms with E-state index in [1.807, 2.05) is 6.07 Å². The predicted molar refractivity (Wildman–Crippen MR) is 83.6 cm³/mol. The number of nitrogens with one attached hydrogen (secondary N) is 1. The lowest BCUT2D eigenvalue weighted by molar-refractivity contribution is 0.533. The van der Waals surface area contributed by atoms with E-state index in [9.17, 15) is 0 Å². The average molecular weight is 337 g/mol. The summed E-state index contributed by atoms with van der Waals surface area (Å²) in [6.07, 6.45) is 2.26. The number of hydrogen-bond acceptors (Lipinski definition) is 1. The first kappa shape index (κ1) is 13.2. The monoisotopic (exact) mass is 335 g/mol. The normalized spacial score (nSPS) is 14.6. The Balaban J connectivity index is 1.61. The van der Waals surface area contributed by atoms with Crippen LogP contribution in [0, 0.1) is 0 Å². The number of halogens is 2. The molecule has 0 saturated heterocycles. The Morgan fingerprint density at radius 1 is 1.11 bits per heavy atom. The SMILES string of the molecule is Clc1ccc(CNC2Cc3ccccc3C2)cc1Br. The fraction of sp³-hybridized carbons (Fsp3) is 0.250. The second-order valence-corrected chi connectivity index (χ2v) is 6.26. The topological polar surface area (TPSA) is 12.0 Å². The zero-order chi connectivity index (χ0) is 13.2. The maximum Gasteiger partial charge on any atom is 0.0548 e. The zero-order valence-corrected chi connectivity index (χ0v) is 12.8. The van der Waals surface area contributed by atoms with Gasteiger partial charge in [0.1, 0.15) is 0 Å². The van der Waals surface area contributed by atoms with Crippen molar-refractivity contribution in [2.45, 2.75) is 25.4 Å². The van der Waals surface area contributed by atoms with Crippen molar-refractivity contribution in [2.24, 2.45) is 0 Å². The van der Waals surface area contributed by atoms with Crippen molar-refractivity contribution in [1.82, 2.24) is 5.32 Å². The maximum atomic E-state index is 6.00. The molecule has 0 atom stereocenters. The molecule has 19 heavy (non-hydrogen) atoms. The van der Waals surface area contributed by atoms with E-state index in [2.05, 4.69) is 57.6 Å². The minimum Gasteiger partial charge on any atom is -0.309 e. The molecule has 0 bridgehead atoms. The minimum absolute atomic E-state index is 0.548. The fourth-order valence-electron chi connectivity index (χ4n) is 2.61. The van der Waals surface area contributed by atoms with Crippen molar-refractivity contribution in [3.8, 4) is 0 Å². The van der Waals surface area contributed by atoms with Crippen LogP contribution in [0.25, 0.3) is 0 Å². The molecule has 0 radical (unpaired) electrons. The largest absolute Gasteiger partial charge is 0.309 e. The van der Waals surface area contributed by atoms with Gasteiger partial charge in [0.15, 0.2) is 0 Å². The van der Waals surface area contributed by atoms with Crippen LogP contribution in [0.3, 0.4) is 0 Å². The lowest BCUT2D eigenvalue weighted by Crippen LogP contribution is -2.28. The molecule has 2 aromatic carbocycles. The van der Waals surface area contributed by atoms with Crippen LogP contribution in [-0.2, 0) is 19.4 Å². The smallest absolute Gasteiger partial charge is 0.0548 e. The molecule has 0 unspecified atom stereocenters. The molecule has 0 aliphatic heterocycles. The van der Waals surface area contributed by atoms with Crippen LogP contribution in [-0.4, -0.2) is 6.04 Å². The summed E-state index contributed by atoms with van der Waals surface area (Å²) < 4.78 is 0.961. The molecule has 3 heteroatoms. The zero-order valence-electron chi connectivity index (χ0n) is 10.5.